The second-order valence-electron chi connectivity index (χ2n) is 9.27. The highest BCUT2D eigenvalue weighted by Crippen LogP contribution is 2.55. The van der Waals surface area contributed by atoms with Gasteiger partial charge in [0.1, 0.15) is 0 Å². The van der Waals surface area contributed by atoms with Crippen LogP contribution < -0.4 is 10.6 Å². The highest BCUT2D eigenvalue weighted by molar-refractivity contribution is 5.79. The lowest BCUT2D eigenvalue weighted by Gasteiger charge is -2.56. The molecule has 4 saturated carbocycles. The van der Waals surface area contributed by atoms with Gasteiger partial charge < -0.3 is 15.5 Å². The Morgan fingerprint density at radius 3 is 2.59 bits per heavy atom. The van der Waals surface area contributed by atoms with E-state index in [1.54, 1.807) is 6.20 Å². The Morgan fingerprint density at radius 2 is 1.89 bits per heavy atom. The summed E-state index contributed by atoms with van der Waals surface area (Å²) in [6, 6.07) is -0.0967. The molecule has 1 aromatic heterocycles. The van der Waals surface area contributed by atoms with E-state index in [-0.39, 0.29) is 17.5 Å². The van der Waals surface area contributed by atoms with Crippen LogP contribution in [0.2, 0.25) is 0 Å². The summed E-state index contributed by atoms with van der Waals surface area (Å²) in [5, 5.41) is 13.3. The number of amides is 3. The lowest BCUT2D eigenvalue weighted by molar-refractivity contribution is -0.131. The van der Waals surface area contributed by atoms with Crippen molar-refractivity contribution >= 4 is 11.9 Å². The first-order valence-corrected chi connectivity index (χ1v) is 10.4. The molecule has 4 bridgehead atoms. The van der Waals surface area contributed by atoms with Gasteiger partial charge in [-0.05, 0) is 56.3 Å². The number of H-pyrrole nitrogens is 1. The zero-order valence-corrected chi connectivity index (χ0v) is 15.8. The van der Waals surface area contributed by atoms with E-state index in [4.69, 9.17) is 0 Å². The van der Waals surface area contributed by atoms with E-state index in [0.29, 0.717) is 26.1 Å². The van der Waals surface area contributed by atoms with Crippen molar-refractivity contribution in [2.24, 2.45) is 17.8 Å². The van der Waals surface area contributed by atoms with Crippen LogP contribution in [0.15, 0.2) is 6.20 Å². The standard InChI is InChI=1S/C20H29N5O2/c26-18(25-4-2-17-16(12-25)11-22-24-17)1-3-21-19(27)23-20-8-13-5-14(9-20)7-15(6-13)10-20/h11,13-15H,1-10,12H2,(H,22,24)(H2,21,23,27). The molecule has 7 nitrogen and oxygen atoms in total. The number of nitrogens with zero attached hydrogens (tertiary/aromatic N) is 2. The fourth-order valence-electron chi connectivity index (χ4n) is 6.42. The molecule has 1 aromatic rings. The summed E-state index contributed by atoms with van der Waals surface area (Å²) in [5.74, 6) is 2.53. The summed E-state index contributed by atoms with van der Waals surface area (Å²) in [4.78, 5) is 26.8. The summed E-state index contributed by atoms with van der Waals surface area (Å²) in [5.41, 5.74) is 2.25. The van der Waals surface area contributed by atoms with E-state index in [2.05, 4.69) is 20.8 Å². The summed E-state index contributed by atoms with van der Waals surface area (Å²) in [6.45, 7) is 1.73. The number of carbonyl (C=O) groups is 2. The maximum atomic E-state index is 12.5. The first kappa shape index (κ1) is 17.1. The van der Waals surface area contributed by atoms with Gasteiger partial charge in [0.05, 0.1) is 6.20 Å². The molecule has 4 aliphatic carbocycles. The first-order valence-electron chi connectivity index (χ1n) is 10.4. The number of fused-ring (bicyclic) bond motifs is 1. The molecule has 3 amide bonds. The minimum atomic E-state index is -0.0967. The lowest BCUT2D eigenvalue weighted by Crippen LogP contribution is -2.61. The van der Waals surface area contributed by atoms with Crippen molar-refractivity contribution in [1.29, 1.82) is 0 Å². The molecule has 6 rings (SSSR count). The molecule has 0 spiro atoms. The zero-order valence-electron chi connectivity index (χ0n) is 15.8. The van der Waals surface area contributed by atoms with Crippen LogP contribution in [0.25, 0.3) is 0 Å². The molecular weight excluding hydrogens is 342 g/mol. The normalized spacial score (nSPS) is 33.6. The summed E-state index contributed by atoms with van der Waals surface area (Å²) < 4.78 is 0. The number of carbonyl (C=O) groups excluding carboxylic acids is 2. The van der Waals surface area contributed by atoms with Crippen molar-refractivity contribution in [3.05, 3.63) is 17.5 Å². The number of nitrogens with one attached hydrogen (secondary N) is 3. The van der Waals surface area contributed by atoms with Crippen molar-refractivity contribution in [1.82, 2.24) is 25.7 Å². The van der Waals surface area contributed by atoms with Crippen molar-refractivity contribution in [3.8, 4) is 0 Å². The molecule has 7 heteroatoms. The molecule has 0 unspecified atom stereocenters. The largest absolute Gasteiger partial charge is 0.338 e. The monoisotopic (exact) mass is 371 g/mol. The SMILES string of the molecule is O=C(NCCC(=O)N1CCc2[nH]ncc2C1)NC12CC3CC(CC(C3)C1)C2. The fourth-order valence-corrected chi connectivity index (χ4v) is 6.42. The van der Waals surface area contributed by atoms with E-state index in [1.165, 1.54) is 19.3 Å². The highest BCUT2D eigenvalue weighted by atomic mass is 16.2. The van der Waals surface area contributed by atoms with Gasteiger partial charge in [-0.25, -0.2) is 4.79 Å². The van der Waals surface area contributed by atoms with Crippen molar-refractivity contribution in [2.45, 2.75) is 63.5 Å². The van der Waals surface area contributed by atoms with Crippen molar-refractivity contribution < 1.29 is 9.59 Å². The van der Waals surface area contributed by atoms with Crippen LogP contribution in [0, 0.1) is 17.8 Å². The number of urea groups is 1. The minimum absolute atomic E-state index is 0.0212. The molecule has 5 aliphatic rings. The predicted molar refractivity (Wildman–Crippen MR) is 99.8 cm³/mol. The van der Waals surface area contributed by atoms with Crippen LogP contribution in [0.3, 0.4) is 0 Å². The predicted octanol–water partition coefficient (Wildman–Crippen LogP) is 1.95. The van der Waals surface area contributed by atoms with Crippen LogP contribution in [-0.2, 0) is 17.8 Å². The Kier molecular flexibility index (Phi) is 4.13. The van der Waals surface area contributed by atoms with E-state index >= 15 is 0 Å². The van der Waals surface area contributed by atoms with E-state index in [0.717, 1.165) is 54.7 Å². The Labute approximate surface area is 159 Å². The first-order chi connectivity index (χ1) is 13.1. The molecule has 0 saturated heterocycles. The lowest BCUT2D eigenvalue weighted by atomic mass is 9.53. The quantitative estimate of drug-likeness (QED) is 0.756. The molecule has 4 fully saturated rings. The number of aromatic nitrogens is 2. The van der Waals surface area contributed by atoms with Crippen LogP contribution >= 0.6 is 0 Å². The minimum Gasteiger partial charge on any atom is -0.338 e. The number of hydrogen-bond acceptors (Lipinski definition) is 3. The van der Waals surface area contributed by atoms with Crippen molar-refractivity contribution in [2.75, 3.05) is 13.1 Å². The molecule has 2 heterocycles. The second kappa shape index (κ2) is 6.53. The van der Waals surface area contributed by atoms with Gasteiger partial charge in [0, 0.05) is 49.3 Å². The van der Waals surface area contributed by atoms with Crippen molar-refractivity contribution in [3.63, 3.8) is 0 Å². The third-order valence-electron chi connectivity index (χ3n) is 7.19. The smallest absolute Gasteiger partial charge is 0.315 e. The number of hydrogen-bond donors (Lipinski definition) is 3. The highest BCUT2D eigenvalue weighted by Gasteiger charge is 2.51. The molecule has 0 aromatic carbocycles. The van der Waals surface area contributed by atoms with Crippen LogP contribution in [-0.4, -0.2) is 45.7 Å². The summed E-state index contributed by atoms with van der Waals surface area (Å²) in [7, 11) is 0. The van der Waals surface area contributed by atoms with E-state index in [9.17, 15) is 9.59 Å². The molecule has 1 aliphatic heterocycles. The van der Waals surface area contributed by atoms with Gasteiger partial charge in [0.25, 0.3) is 0 Å². The average Bonchev–Trinajstić information content (AvgIpc) is 3.07. The van der Waals surface area contributed by atoms with Gasteiger partial charge in [-0.1, -0.05) is 0 Å². The zero-order chi connectivity index (χ0) is 18.4. The number of aromatic amines is 1. The van der Waals surface area contributed by atoms with Gasteiger partial charge in [-0.3, -0.25) is 9.89 Å². The molecule has 27 heavy (non-hydrogen) atoms. The van der Waals surface area contributed by atoms with Crippen LogP contribution in [0.5, 0.6) is 0 Å². The average molecular weight is 371 g/mol. The third kappa shape index (κ3) is 3.32. The van der Waals surface area contributed by atoms with Gasteiger partial charge in [0.2, 0.25) is 5.91 Å². The maximum absolute atomic E-state index is 12.5. The topological polar surface area (TPSA) is 90.1 Å². The van der Waals surface area contributed by atoms with Crippen LogP contribution in [0.4, 0.5) is 4.79 Å². The third-order valence-corrected chi connectivity index (χ3v) is 7.19. The molecule has 0 atom stereocenters. The molecular formula is C20H29N5O2. The Bertz CT molecular complexity index is 707. The molecule has 146 valence electrons. The van der Waals surface area contributed by atoms with Gasteiger partial charge in [-0.15, -0.1) is 0 Å². The Hall–Kier alpha value is -2.05. The Balaban J connectivity index is 1.09. The maximum Gasteiger partial charge on any atom is 0.315 e. The van der Waals surface area contributed by atoms with Crippen LogP contribution in [0.1, 0.15) is 56.2 Å². The van der Waals surface area contributed by atoms with E-state index < -0.39 is 0 Å². The van der Waals surface area contributed by atoms with Gasteiger partial charge >= 0.3 is 6.03 Å². The summed E-state index contributed by atoms with van der Waals surface area (Å²) in [6.07, 6.45) is 10.5. The fraction of sp³-hybridized carbons (Fsp3) is 0.750. The van der Waals surface area contributed by atoms with E-state index in [1.807, 2.05) is 4.90 Å². The molecule has 3 N–H and O–H groups in total. The second-order valence-corrected chi connectivity index (χ2v) is 9.27. The molecule has 0 radical (unpaired) electrons. The van der Waals surface area contributed by atoms with Gasteiger partial charge in [0.15, 0.2) is 0 Å². The summed E-state index contributed by atoms with van der Waals surface area (Å²) >= 11 is 0. The number of rotatable bonds is 4. The van der Waals surface area contributed by atoms with Gasteiger partial charge in [-0.2, -0.15) is 5.10 Å². The Morgan fingerprint density at radius 1 is 1.19 bits per heavy atom.